The largest absolute Gasteiger partial charge is 0.482 e. The number of imide groups is 2. The fourth-order valence-corrected chi connectivity index (χ4v) is 10.1. The Morgan fingerprint density at radius 1 is 0.914 bits per heavy atom. The van der Waals surface area contributed by atoms with Gasteiger partial charge >= 0.3 is 0 Å². The number of hydrogen-bond donors (Lipinski definition) is 2. The van der Waals surface area contributed by atoms with Crippen molar-refractivity contribution in [2.75, 3.05) is 30.3 Å². The first-order chi connectivity index (χ1) is 27.8. The Balaban J connectivity index is 0.793. The Morgan fingerprint density at radius 2 is 1.64 bits per heavy atom. The third-order valence-corrected chi connectivity index (χ3v) is 13.1. The number of fused-ring (bicyclic) bond motifs is 3. The van der Waals surface area contributed by atoms with Crippen molar-refractivity contribution in [2.45, 2.75) is 82.1 Å². The van der Waals surface area contributed by atoms with Crippen molar-refractivity contribution < 1.29 is 32.7 Å². The number of carbonyl (C=O) groups is 4. The SMILES string of the molecule is C[C@@H](Oc1cc(-c2cnn(C3CCC(CN4CC5CC(C4)N5c4cc5c(cc4F)C(=O)N(C4CCC(=O)NC4=O)C5=O)CC3)c2)cnc1N)c1c(Cl)ccc(F)c1Cl. The van der Waals surface area contributed by atoms with E-state index >= 15 is 4.39 Å². The molecule has 1 saturated carbocycles. The standard InChI is InChI=1S/C41H40Cl2F2N8O5/c1-20(36-29(42)6-7-30(44)37(36)43)58-34-10-22(14-47-38(34)46)23-15-48-51(17-23)24-4-2-21(3-5-24)16-50-18-25-11-26(19-50)52(25)33-13-28-27(12-31(33)45)40(56)53(41(28)57)32-8-9-35(54)49-39(32)55/h6-7,10,12-15,17,20-21,24-26,32H,2-5,8-9,11,16,18-19H2,1H3,(H2,46,47)(H,49,54,55)/t20-,21?,24?,25?,26?,32?/m1/s1. The number of aromatic nitrogens is 3. The van der Waals surface area contributed by atoms with Gasteiger partial charge < -0.3 is 15.4 Å². The molecular formula is C41H40Cl2F2N8O5. The molecule has 5 fully saturated rings. The lowest BCUT2D eigenvalue weighted by atomic mass is 9.82. The van der Waals surface area contributed by atoms with Crippen LogP contribution in [0.1, 0.15) is 90.3 Å². The summed E-state index contributed by atoms with van der Waals surface area (Å²) in [4.78, 5) is 60.4. The van der Waals surface area contributed by atoms with Crippen LogP contribution in [0.2, 0.25) is 10.0 Å². The van der Waals surface area contributed by atoms with Crippen molar-refractivity contribution in [2.24, 2.45) is 5.92 Å². The van der Waals surface area contributed by atoms with Crippen molar-refractivity contribution in [3.05, 3.63) is 87.3 Å². The number of piperazine rings is 1. The summed E-state index contributed by atoms with van der Waals surface area (Å²) >= 11 is 12.5. The third kappa shape index (κ3) is 6.76. The highest BCUT2D eigenvalue weighted by Gasteiger charge is 2.49. The molecule has 302 valence electrons. The van der Waals surface area contributed by atoms with Crippen LogP contribution in [0.4, 0.5) is 20.3 Å². The Kier molecular flexibility index (Phi) is 9.88. The van der Waals surface area contributed by atoms with E-state index in [4.69, 9.17) is 38.8 Å². The zero-order valence-electron chi connectivity index (χ0n) is 31.5. The topological polar surface area (TPSA) is 156 Å². The van der Waals surface area contributed by atoms with Crippen LogP contribution in [0.5, 0.6) is 5.75 Å². The van der Waals surface area contributed by atoms with E-state index < -0.39 is 47.4 Å². The van der Waals surface area contributed by atoms with Gasteiger partial charge in [-0.15, -0.1) is 0 Å². The molecule has 4 saturated heterocycles. The lowest BCUT2D eigenvalue weighted by Gasteiger charge is -2.58. The number of nitrogen functional groups attached to an aromatic ring is 1. The highest BCUT2D eigenvalue weighted by atomic mass is 35.5. The summed E-state index contributed by atoms with van der Waals surface area (Å²) < 4.78 is 37.9. The number of piperidine rings is 2. The second kappa shape index (κ2) is 14.9. The molecule has 0 radical (unpaired) electrons. The number of ether oxygens (including phenoxy) is 1. The molecule has 2 aromatic carbocycles. The number of carbonyl (C=O) groups excluding carboxylic acids is 4. The van der Waals surface area contributed by atoms with Crippen LogP contribution in [0, 0.1) is 17.6 Å². The number of rotatable bonds is 9. The zero-order chi connectivity index (χ0) is 40.6. The number of nitrogens with zero attached hydrogens (tertiary/aromatic N) is 6. The maximum Gasteiger partial charge on any atom is 0.262 e. The summed E-state index contributed by atoms with van der Waals surface area (Å²) in [5.74, 6) is -2.67. The van der Waals surface area contributed by atoms with Crippen molar-refractivity contribution >= 4 is 58.3 Å². The van der Waals surface area contributed by atoms with Crippen LogP contribution < -0.4 is 20.7 Å². The van der Waals surface area contributed by atoms with Gasteiger partial charge in [-0.3, -0.25) is 39.0 Å². The quantitative estimate of drug-likeness (QED) is 0.144. The van der Waals surface area contributed by atoms with Crippen molar-refractivity contribution in [3.63, 3.8) is 0 Å². The summed E-state index contributed by atoms with van der Waals surface area (Å²) in [6.45, 7) is 4.20. The number of amides is 4. The lowest BCUT2D eigenvalue weighted by Crippen LogP contribution is -2.69. The second-order valence-corrected chi connectivity index (χ2v) is 16.8. The predicted octanol–water partition coefficient (Wildman–Crippen LogP) is 6.35. The number of pyridine rings is 1. The second-order valence-electron chi connectivity index (χ2n) is 16.0. The van der Waals surface area contributed by atoms with Crippen LogP contribution in [-0.4, -0.2) is 86.0 Å². The van der Waals surface area contributed by atoms with Gasteiger partial charge in [0, 0.05) is 72.2 Å². The number of hydrogen-bond acceptors (Lipinski definition) is 10. The average Bonchev–Trinajstić information content (AvgIpc) is 3.77. The van der Waals surface area contributed by atoms with Gasteiger partial charge in [-0.2, -0.15) is 5.10 Å². The fourth-order valence-electron chi connectivity index (χ4n) is 9.43. The van der Waals surface area contributed by atoms with Crippen LogP contribution >= 0.6 is 23.2 Å². The van der Waals surface area contributed by atoms with Gasteiger partial charge in [0.1, 0.15) is 23.8 Å². The maximum absolute atomic E-state index is 15.6. The summed E-state index contributed by atoms with van der Waals surface area (Å²) in [5, 5.41) is 7.06. The Hall–Kier alpha value is -5.12. The molecule has 5 aliphatic heterocycles. The van der Waals surface area contributed by atoms with E-state index in [0.717, 1.165) is 73.8 Å². The number of halogens is 4. The van der Waals surface area contributed by atoms with Gasteiger partial charge in [-0.1, -0.05) is 23.2 Å². The normalized spacial score (nSPS) is 25.1. The molecule has 2 bridgehead atoms. The number of benzene rings is 2. The average molecular weight is 834 g/mol. The minimum atomic E-state index is -1.10. The number of nitrogens with two attached hydrogens (primary N) is 1. The van der Waals surface area contributed by atoms with Gasteiger partial charge in [-0.05, 0) is 81.7 Å². The Morgan fingerprint density at radius 3 is 2.36 bits per heavy atom. The third-order valence-electron chi connectivity index (χ3n) is 12.4. The first-order valence-corrected chi connectivity index (χ1v) is 20.3. The maximum atomic E-state index is 15.6. The van der Waals surface area contributed by atoms with Gasteiger partial charge in [0.2, 0.25) is 11.8 Å². The molecular weight excluding hydrogens is 793 g/mol. The van der Waals surface area contributed by atoms with Gasteiger partial charge in [0.15, 0.2) is 11.6 Å². The monoisotopic (exact) mass is 832 g/mol. The van der Waals surface area contributed by atoms with Crippen LogP contribution in [0.15, 0.2) is 48.9 Å². The molecule has 58 heavy (non-hydrogen) atoms. The first kappa shape index (κ1) is 38.4. The van der Waals surface area contributed by atoms with E-state index in [2.05, 4.69) is 15.2 Å². The molecule has 1 aliphatic carbocycles. The van der Waals surface area contributed by atoms with E-state index in [1.54, 1.807) is 25.4 Å². The fraction of sp³-hybridized carbons (Fsp3) is 0.415. The number of anilines is 2. The van der Waals surface area contributed by atoms with E-state index in [0.29, 0.717) is 22.9 Å². The molecule has 3 unspecified atom stereocenters. The molecule has 7 heterocycles. The molecule has 6 aliphatic rings. The van der Waals surface area contributed by atoms with Gasteiger partial charge in [-0.25, -0.2) is 13.8 Å². The van der Waals surface area contributed by atoms with Crippen molar-refractivity contribution in [3.8, 4) is 16.9 Å². The van der Waals surface area contributed by atoms with Crippen molar-refractivity contribution in [1.29, 1.82) is 0 Å². The molecule has 10 rings (SSSR count). The van der Waals surface area contributed by atoms with E-state index in [1.165, 1.54) is 18.2 Å². The summed E-state index contributed by atoms with van der Waals surface area (Å²) in [7, 11) is 0. The van der Waals surface area contributed by atoms with Crippen LogP contribution in [0.25, 0.3) is 11.1 Å². The Bertz CT molecular complexity index is 2360. The molecule has 13 nitrogen and oxygen atoms in total. The highest BCUT2D eigenvalue weighted by Crippen LogP contribution is 2.43. The molecule has 4 amide bonds. The van der Waals surface area contributed by atoms with Gasteiger partial charge in [0.05, 0.1) is 34.1 Å². The van der Waals surface area contributed by atoms with E-state index in [-0.39, 0.29) is 58.0 Å². The Labute approximate surface area is 342 Å². The molecule has 4 aromatic rings. The van der Waals surface area contributed by atoms with Crippen LogP contribution in [0.3, 0.4) is 0 Å². The predicted molar refractivity (Wildman–Crippen MR) is 211 cm³/mol. The first-order valence-electron chi connectivity index (χ1n) is 19.5. The molecule has 2 aromatic heterocycles. The lowest BCUT2D eigenvalue weighted by molar-refractivity contribution is -0.136. The van der Waals surface area contributed by atoms with E-state index in [1.807, 2.05) is 15.8 Å². The van der Waals surface area contributed by atoms with E-state index in [9.17, 15) is 23.6 Å². The minimum Gasteiger partial charge on any atom is -0.482 e. The van der Waals surface area contributed by atoms with Gasteiger partial charge in [0.25, 0.3) is 11.8 Å². The highest BCUT2D eigenvalue weighted by molar-refractivity contribution is 6.36. The molecule has 17 heteroatoms. The molecule has 4 atom stereocenters. The minimum absolute atomic E-state index is 0.0149. The molecule has 3 N–H and O–H groups in total. The zero-order valence-corrected chi connectivity index (χ0v) is 33.0. The summed E-state index contributed by atoms with van der Waals surface area (Å²) in [6, 6.07) is 6.30. The van der Waals surface area contributed by atoms with Crippen LogP contribution in [-0.2, 0) is 9.59 Å². The van der Waals surface area contributed by atoms with Crippen molar-refractivity contribution in [1.82, 2.24) is 29.9 Å². The smallest absolute Gasteiger partial charge is 0.262 e. The summed E-state index contributed by atoms with van der Waals surface area (Å²) in [5.41, 5.74) is 8.42. The number of nitrogens with one attached hydrogen (secondary N) is 1. The summed E-state index contributed by atoms with van der Waals surface area (Å²) in [6.07, 6.45) is 9.77. The molecule has 0 spiro atoms.